The fourth-order valence-electron chi connectivity index (χ4n) is 4.96. The molecule has 1 aliphatic carbocycles. The first-order valence-corrected chi connectivity index (χ1v) is 10.9. The third kappa shape index (κ3) is 3.54. The van der Waals surface area contributed by atoms with E-state index in [4.69, 9.17) is 4.99 Å². The molecule has 5 rings (SSSR count). The van der Waals surface area contributed by atoms with Crippen LogP contribution in [0.5, 0.6) is 0 Å². The number of para-hydroxylation sites is 2. The summed E-state index contributed by atoms with van der Waals surface area (Å²) in [5, 5.41) is 0. The number of amides is 1. The molecule has 2 heterocycles. The van der Waals surface area contributed by atoms with Gasteiger partial charge in [-0.1, -0.05) is 50.2 Å². The van der Waals surface area contributed by atoms with Gasteiger partial charge in [-0.05, 0) is 47.7 Å². The van der Waals surface area contributed by atoms with Crippen LogP contribution < -0.4 is 4.90 Å². The van der Waals surface area contributed by atoms with E-state index in [0.29, 0.717) is 29.8 Å². The minimum Gasteiger partial charge on any atom is -0.299 e. The molecular weight excluding hydrogens is 398 g/mol. The number of anilines is 1. The lowest BCUT2D eigenvalue weighted by atomic mass is 9.68. The highest BCUT2D eigenvalue weighted by Crippen LogP contribution is 2.48. The zero-order chi connectivity index (χ0) is 22.3. The second-order valence-electron chi connectivity index (χ2n) is 9.33. The topological polar surface area (TPSA) is 62.6 Å². The molecule has 2 unspecified atom stereocenters. The number of rotatable bonds is 2. The number of carbonyl (C=O) groups excluding carboxylic acids is 2. The lowest BCUT2D eigenvalue weighted by Crippen LogP contribution is -2.47. The quantitative estimate of drug-likeness (QED) is 0.542. The molecule has 1 fully saturated rings. The zero-order valence-electron chi connectivity index (χ0n) is 18.2. The van der Waals surface area contributed by atoms with E-state index < -0.39 is 12.0 Å². The Hall–Kier alpha value is -3.60. The van der Waals surface area contributed by atoms with Crippen molar-refractivity contribution in [2.24, 2.45) is 16.3 Å². The molecule has 1 aromatic heterocycles. The van der Waals surface area contributed by atoms with E-state index in [1.165, 1.54) is 0 Å². The van der Waals surface area contributed by atoms with Crippen molar-refractivity contribution in [3.05, 3.63) is 90.3 Å². The summed E-state index contributed by atoms with van der Waals surface area (Å²) in [4.78, 5) is 38.6. The number of nitrogens with zero attached hydrogens (tertiary/aromatic N) is 3. The molecule has 2 atom stereocenters. The van der Waals surface area contributed by atoms with Crippen LogP contribution in [-0.4, -0.2) is 22.4 Å². The first-order valence-electron chi connectivity index (χ1n) is 10.9. The Morgan fingerprint density at radius 1 is 0.969 bits per heavy atom. The fourth-order valence-corrected chi connectivity index (χ4v) is 4.96. The molecule has 32 heavy (non-hydrogen) atoms. The Bertz CT molecular complexity index is 1200. The SMILES string of the molecule is CC1(C)CC(=O)C2C(=Nc3ccccc3N(C(=O)c3ccccc3)C2c2cccnc2)C1. The van der Waals surface area contributed by atoms with Gasteiger partial charge in [0.25, 0.3) is 5.91 Å². The maximum Gasteiger partial charge on any atom is 0.258 e. The van der Waals surface area contributed by atoms with Gasteiger partial charge < -0.3 is 0 Å². The Balaban J connectivity index is 1.76. The van der Waals surface area contributed by atoms with E-state index in [9.17, 15) is 9.59 Å². The van der Waals surface area contributed by atoms with Gasteiger partial charge in [0.2, 0.25) is 0 Å². The summed E-state index contributed by atoms with van der Waals surface area (Å²) >= 11 is 0. The van der Waals surface area contributed by atoms with Gasteiger partial charge in [-0.2, -0.15) is 0 Å². The highest BCUT2D eigenvalue weighted by Gasteiger charge is 2.47. The summed E-state index contributed by atoms with van der Waals surface area (Å²) in [5.74, 6) is -0.541. The molecule has 1 saturated carbocycles. The molecule has 5 nitrogen and oxygen atoms in total. The molecular formula is C27H25N3O2. The second kappa shape index (κ2) is 7.83. The number of benzene rings is 2. The molecule has 0 radical (unpaired) electrons. The lowest BCUT2D eigenvalue weighted by molar-refractivity contribution is -0.124. The number of pyridine rings is 1. The first kappa shape index (κ1) is 20.3. The Kier molecular flexibility index (Phi) is 4.97. The third-order valence-corrected chi connectivity index (χ3v) is 6.28. The van der Waals surface area contributed by atoms with Crippen LogP contribution in [0.25, 0.3) is 0 Å². The van der Waals surface area contributed by atoms with Gasteiger partial charge in [0.05, 0.1) is 23.3 Å². The van der Waals surface area contributed by atoms with Crippen LogP contribution in [-0.2, 0) is 4.79 Å². The molecule has 2 aliphatic rings. The number of aliphatic imine (C=N–C) groups is 1. The highest BCUT2D eigenvalue weighted by molar-refractivity contribution is 6.15. The van der Waals surface area contributed by atoms with E-state index >= 15 is 0 Å². The number of Topliss-reactive ketones (excluding diaryl/α,β-unsaturated/α-hetero) is 1. The maximum atomic E-state index is 14.0. The van der Waals surface area contributed by atoms with Crippen molar-refractivity contribution >= 4 is 28.8 Å². The number of aromatic nitrogens is 1. The predicted molar refractivity (Wildman–Crippen MR) is 125 cm³/mol. The summed E-state index contributed by atoms with van der Waals surface area (Å²) in [6.45, 7) is 4.21. The molecule has 2 aromatic carbocycles. The second-order valence-corrected chi connectivity index (χ2v) is 9.33. The number of hydrogen-bond donors (Lipinski definition) is 0. The number of hydrogen-bond acceptors (Lipinski definition) is 4. The van der Waals surface area contributed by atoms with Crippen LogP contribution in [0.3, 0.4) is 0 Å². The van der Waals surface area contributed by atoms with Crippen LogP contribution in [0.15, 0.2) is 84.1 Å². The average molecular weight is 424 g/mol. The molecule has 0 bridgehead atoms. The van der Waals surface area contributed by atoms with Crippen LogP contribution in [0.1, 0.15) is 48.7 Å². The van der Waals surface area contributed by atoms with Crippen molar-refractivity contribution in [3.63, 3.8) is 0 Å². The molecule has 3 aromatic rings. The zero-order valence-corrected chi connectivity index (χ0v) is 18.2. The Morgan fingerprint density at radius 3 is 2.47 bits per heavy atom. The fraction of sp³-hybridized carbons (Fsp3) is 0.259. The molecule has 0 spiro atoms. The van der Waals surface area contributed by atoms with Crippen LogP contribution in [0.2, 0.25) is 0 Å². The van der Waals surface area contributed by atoms with Crippen LogP contribution in [0, 0.1) is 11.3 Å². The van der Waals surface area contributed by atoms with Crippen LogP contribution in [0.4, 0.5) is 11.4 Å². The molecule has 0 saturated heterocycles. The summed E-state index contributed by atoms with van der Waals surface area (Å²) < 4.78 is 0. The van der Waals surface area contributed by atoms with Crippen molar-refractivity contribution in [3.8, 4) is 0 Å². The molecule has 160 valence electrons. The van der Waals surface area contributed by atoms with E-state index in [2.05, 4.69) is 18.8 Å². The minimum atomic E-state index is -0.512. The number of ketones is 1. The molecule has 1 amide bonds. The normalized spacial score (nSPS) is 21.8. The monoisotopic (exact) mass is 423 g/mol. The molecule has 0 N–H and O–H groups in total. The van der Waals surface area contributed by atoms with Gasteiger partial charge in [0, 0.05) is 30.1 Å². The largest absolute Gasteiger partial charge is 0.299 e. The summed E-state index contributed by atoms with van der Waals surface area (Å²) in [5.41, 5.74) is 3.51. The molecule has 1 aliphatic heterocycles. The van der Waals surface area contributed by atoms with Gasteiger partial charge in [0.15, 0.2) is 0 Å². The number of carbonyl (C=O) groups is 2. The van der Waals surface area contributed by atoms with Crippen molar-refractivity contribution < 1.29 is 9.59 Å². The minimum absolute atomic E-state index is 0.118. The van der Waals surface area contributed by atoms with Gasteiger partial charge in [-0.25, -0.2) is 0 Å². The van der Waals surface area contributed by atoms with Gasteiger partial charge in [-0.3, -0.25) is 24.5 Å². The summed E-state index contributed by atoms with van der Waals surface area (Å²) in [6.07, 6.45) is 4.63. The highest BCUT2D eigenvalue weighted by atomic mass is 16.2. The Morgan fingerprint density at radius 2 is 1.72 bits per heavy atom. The lowest BCUT2D eigenvalue weighted by Gasteiger charge is -2.40. The van der Waals surface area contributed by atoms with Crippen molar-refractivity contribution in [1.29, 1.82) is 0 Å². The van der Waals surface area contributed by atoms with Crippen LogP contribution >= 0.6 is 0 Å². The maximum absolute atomic E-state index is 14.0. The van der Waals surface area contributed by atoms with E-state index in [-0.39, 0.29) is 17.1 Å². The van der Waals surface area contributed by atoms with E-state index in [1.54, 1.807) is 17.3 Å². The third-order valence-electron chi connectivity index (χ3n) is 6.28. The Labute approximate surface area is 187 Å². The van der Waals surface area contributed by atoms with Crippen molar-refractivity contribution in [2.75, 3.05) is 4.90 Å². The standard InChI is InChI=1S/C27H25N3O2/c1-27(2)15-21-24(23(31)16-27)25(19-11-8-14-28-17-19)30(22-13-7-6-12-20(22)29-21)26(32)18-9-4-3-5-10-18/h3-14,17,24-25H,15-16H2,1-2H3. The van der Waals surface area contributed by atoms with Gasteiger partial charge in [0.1, 0.15) is 5.78 Å². The van der Waals surface area contributed by atoms with E-state index in [0.717, 1.165) is 11.3 Å². The number of fused-ring (bicyclic) bond motifs is 2. The average Bonchev–Trinajstić information content (AvgIpc) is 2.93. The smallest absolute Gasteiger partial charge is 0.258 e. The first-order chi connectivity index (χ1) is 15.4. The van der Waals surface area contributed by atoms with Gasteiger partial charge >= 0.3 is 0 Å². The van der Waals surface area contributed by atoms with Crippen molar-refractivity contribution in [2.45, 2.75) is 32.7 Å². The summed E-state index contributed by atoms with van der Waals surface area (Å²) in [7, 11) is 0. The van der Waals surface area contributed by atoms with Gasteiger partial charge in [-0.15, -0.1) is 0 Å². The van der Waals surface area contributed by atoms with E-state index in [1.807, 2.05) is 66.7 Å². The summed E-state index contributed by atoms with van der Waals surface area (Å²) in [6, 6.07) is 20.2. The predicted octanol–water partition coefficient (Wildman–Crippen LogP) is 5.56. The molecule has 5 heteroatoms. The van der Waals surface area contributed by atoms with Crippen molar-refractivity contribution in [1.82, 2.24) is 4.98 Å².